The smallest absolute Gasteiger partial charge is 0.320 e. The minimum absolute atomic E-state index is 0.115. The highest BCUT2D eigenvalue weighted by Crippen LogP contribution is 2.45. The summed E-state index contributed by atoms with van der Waals surface area (Å²) >= 11 is 0. The zero-order chi connectivity index (χ0) is 21.4. The molecule has 8 heteroatoms. The number of anilines is 3. The second kappa shape index (κ2) is 8.34. The first-order chi connectivity index (χ1) is 15.1. The minimum Gasteiger partial charge on any atom is -0.463 e. The Kier molecular flexibility index (Phi) is 5.40. The molecule has 31 heavy (non-hydrogen) atoms. The third-order valence-electron chi connectivity index (χ3n) is 6.42. The molecular formula is C23H30N6O2. The van der Waals surface area contributed by atoms with Crippen LogP contribution < -0.4 is 20.7 Å². The van der Waals surface area contributed by atoms with Gasteiger partial charge in [0.1, 0.15) is 5.69 Å². The van der Waals surface area contributed by atoms with Crippen LogP contribution in [0.5, 0.6) is 6.01 Å². The molecule has 3 heterocycles. The van der Waals surface area contributed by atoms with Crippen molar-refractivity contribution in [2.75, 3.05) is 35.6 Å². The van der Waals surface area contributed by atoms with E-state index in [-0.39, 0.29) is 24.3 Å². The van der Waals surface area contributed by atoms with E-state index in [0.717, 1.165) is 36.9 Å². The van der Waals surface area contributed by atoms with Gasteiger partial charge in [-0.1, -0.05) is 37.6 Å². The largest absolute Gasteiger partial charge is 0.463 e. The maximum atomic E-state index is 12.3. The second-order valence-corrected chi connectivity index (χ2v) is 8.84. The van der Waals surface area contributed by atoms with Crippen molar-refractivity contribution in [3.8, 4) is 6.01 Å². The number of hydrogen-bond acceptors (Lipinski definition) is 7. The van der Waals surface area contributed by atoms with Crippen LogP contribution in [0.1, 0.15) is 43.7 Å². The number of piperidine rings is 1. The number of rotatable bonds is 8. The van der Waals surface area contributed by atoms with Gasteiger partial charge >= 0.3 is 6.01 Å². The average molecular weight is 423 g/mol. The summed E-state index contributed by atoms with van der Waals surface area (Å²) in [6, 6.07) is 9.69. The second-order valence-electron chi connectivity index (χ2n) is 8.84. The van der Waals surface area contributed by atoms with Crippen molar-refractivity contribution in [2.24, 2.45) is 5.92 Å². The number of nitrogens with one attached hydrogen (secondary N) is 1. The first-order valence-electron chi connectivity index (χ1n) is 11.3. The van der Waals surface area contributed by atoms with Crippen molar-refractivity contribution in [1.82, 2.24) is 14.9 Å². The lowest BCUT2D eigenvalue weighted by atomic mass is 10.1. The molecule has 8 nitrogen and oxygen atoms in total. The molecule has 2 unspecified atom stereocenters. The lowest BCUT2D eigenvalue weighted by Crippen LogP contribution is -2.39. The molecule has 0 radical (unpaired) electrons. The van der Waals surface area contributed by atoms with Gasteiger partial charge < -0.3 is 20.7 Å². The summed E-state index contributed by atoms with van der Waals surface area (Å²) in [5.41, 5.74) is 9.05. The van der Waals surface area contributed by atoms with Crippen molar-refractivity contribution in [3.63, 3.8) is 0 Å². The summed E-state index contributed by atoms with van der Waals surface area (Å²) in [5, 5.41) is 2.81. The predicted molar refractivity (Wildman–Crippen MR) is 120 cm³/mol. The molecule has 1 aliphatic carbocycles. The number of carbonyl (C=O) groups is 1. The monoisotopic (exact) mass is 422 g/mol. The maximum absolute atomic E-state index is 12.3. The standard InChI is InChI=1S/C23H30N6O2/c1-2-3-9-31-23-26-21(24)20-22(27-23)29(14-19(30)25-20)13-16-6-4-5-15(10-16)12-28-8-7-17-11-18(17)28/h4-6,10,17-18H,2-3,7-9,11-14H2,1H3,(H,25,30)(H2,24,26,27). The Bertz CT molecular complexity index is 981. The van der Waals surface area contributed by atoms with Gasteiger partial charge in [-0.25, -0.2) is 0 Å². The van der Waals surface area contributed by atoms with Crippen LogP contribution >= 0.6 is 0 Å². The molecule has 1 aromatic heterocycles. The summed E-state index contributed by atoms with van der Waals surface area (Å²) in [5.74, 6) is 1.67. The average Bonchev–Trinajstić information content (AvgIpc) is 3.43. The Labute approximate surface area is 182 Å². The Balaban J connectivity index is 1.34. The number of nitrogen functional groups attached to an aromatic ring is 1. The Hall–Kier alpha value is -2.87. The SMILES string of the molecule is CCCCOc1nc(N)c2c(n1)N(Cc1cccc(CN3CCC4CC43)c1)CC(=O)N2. The van der Waals surface area contributed by atoms with Gasteiger partial charge in [-0.15, -0.1) is 0 Å². The van der Waals surface area contributed by atoms with E-state index in [2.05, 4.69) is 51.4 Å². The molecular weight excluding hydrogens is 392 g/mol. The van der Waals surface area contributed by atoms with E-state index in [0.29, 0.717) is 24.7 Å². The van der Waals surface area contributed by atoms with Crippen LogP contribution in [-0.2, 0) is 17.9 Å². The quantitative estimate of drug-likeness (QED) is 0.632. The van der Waals surface area contributed by atoms with Crippen LogP contribution in [0.4, 0.5) is 17.3 Å². The zero-order valence-electron chi connectivity index (χ0n) is 18.0. The van der Waals surface area contributed by atoms with Crippen molar-refractivity contribution >= 4 is 23.2 Å². The molecule has 164 valence electrons. The van der Waals surface area contributed by atoms with Crippen molar-refractivity contribution in [1.29, 1.82) is 0 Å². The number of likely N-dealkylation sites (tertiary alicyclic amines) is 1. The molecule has 1 saturated carbocycles. The predicted octanol–water partition coefficient (Wildman–Crippen LogP) is 2.79. The highest BCUT2D eigenvalue weighted by atomic mass is 16.5. The van der Waals surface area contributed by atoms with Gasteiger partial charge in [-0.2, -0.15) is 9.97 Å². The fourth-order valence-corrected chi connectivity index (χ4v) is 4.69. The topological polar surface area (TPSA) is 96.6 Å². The molecule has 3 aliphatic rings. The molecule has 0 spiro atoms. The maximum Gasteiger partial charge on any atom is 0.320 e. The number of amides is 1. The minimum atomic E-state index is -0.115. The van der Waals surface area contributed by atoms with E-state index in [1.54, 1.807) is 0 Å². The number of fused-ring (bicyclic) bond motifs is 2. The van der Waals surface area contributed by atoms with Crippen molar-refractivity contribution in [2.45, 2.75) is 51.7 Å². The zero-order valence-corrected chi connectivity index (χ0v) is 18.0. The molecule has 1 aromatic carbocycles. The molecule has 2 aliphatic heterocycles. The number of aromatic nitrogens is 2. The molecule has 1 amide bonds. The van der Waals surface area contributed by atoms with E-state index in [1.807, 2.05) is 4.90 Å². The van der Waals surface area contributed by atoms with Crippen LogP contribution in [0.3, 0.4) is 0 Å². The van der Waals surface area contributed by atoms with Gasteiger partial charge in [0.25, 0.3) is 0 Å². The summed E-state index contributed by atoms with van der Waals surface area (Å²) in [4.78, 5) is 25.6. The van der Waals surface area contributed by atoms with Gasteiger partial charge in [0.2, 0.25) is 5.91 Å². The Morgan fingerprint density at radius 3 is 2.84 bits per heavy atom. The summed E-state index contributed by atoms with van der Waals surface area (Å²) < 4.78 is 5.68. The van der Waals surface area contributed by atoms with Gasteiger partial charge in [0, 0.05) is 19.1 Å². The number of nitrogens with zero attached hydrogens (tertiary/aromatic N) is 4. The van der Waals surface area contributed by atoms with Crippen LogP contribution in [0.25, 0.3) is 0 Å². The Morgan fingerprint density at radius 1 is 1.26 bits per heavy atom. The van der Waals surface area contributed by atoms with Crippen LogP contribution in [0.15, 0.2) is 24.3 Å². The number of hydrogen-bond donors (Lipinski definition) is 2. The number of nitrogens with two attached hydrogens (primary N) is 1. The van der Waals surface area contributed by atoms with E-state index in [4.69, 9.17) is 10.5 Å². The van der Waals surface area contributed by atoms with Crippen molar-refractivity contribution in [3.05, 3.63) is 35.4 Å². The number of carbonyl (C=O) groups excluding carboxylic acids is 1. The molecule has 1 saturated heterocycles. The molecule has 2 atom stereocenters. The van der Waals surface area contributed by atoms with E-state index < -0.39 is 0 Å². The lowest BCUT2D eigenvalue weighted by Gasteiger charge is -2.30. The van der Waals surface area contributed by atoms with Gasteiger partial charge in [-0.05, 0) is 42.9 Å². The van der Waals surface area contributed by atoms with E-state index in [9.17, 15) is 4.79 Å². The first-order valence-corrected chi connectivity index (χ1v) is 11.3. The highest BCUT2D eigenvalue weighted by molar-refractivity contribution is 6.03. The van der Waals surface area contributed by atoms with E-state index in [1.165, 1.54) is 24.9 Å². The molecule has 2 fully saturated rings. The van der Waals surface area contributed by atoms with E-state index >= 15 is 0 Å². The number of unbranched alkanes of at least 4 members (excludes halogenated alkanes) is 1. The Morgan fingerprint density at radius 2 is 2.10 bits per heavy atom. The number of benzene rings is 1. The van der Waals surface area contributed by atoms with Gasteiger partial charge in [0.15, 0.2) is 11.6 Å². The molecule has 0 bridgehead atoms. The fraction of sp³-hybridized carbons (Fsp3) is 0.522. The van der Waals surface area contributed by atoms with Crippen molar-refractivity contribution < 1.29 is 9.53 Å². The lowest BCUT2D eigenvalue weighted by molar-refractivity contribution is -0.115. The highest BCUT2D eigenvalue weighted by Gasteiger charge is 2.46. The normalized spacial score (nSPS) is 22.1. The summed E-state index contributed by atoms with van der Waals surface area (Å²) in [7, 11) is 0. The number of ether oxygens (including phenoxy) is 1. The van der Waals surface area contributed by atoms with Crippen LogP contribution in [0.2, 0.25) is 0 Å². The fourth-order valence-electron chi connectivity index (χ4n) is 4.69. The summed E-state index contributed by atoms with van der Waals surface area (Å²) in [6.45, 7) is 5.64. The third kappa shape index (κ3) is 4.30. The molecule has 2 aromatic rings. The van der Waals surface area contributed by atoms with Crippen LogP contribution in [0, 0.1) is 5.92 Å². The van der Waals surface area contributed by atoms with Gasteiger partial charge in [-0.3, -0.25) is 9.69 Å². The van der Waals surface area contributed by atoms with Crippen LogP contribution in [-0.4, -0.2) is 46.5 Å². The molecule has 3 N–H and O–H groups in total. The third-order valence-corrected chi connectivity index (χ3v) is 6.42. The summed E-state index contributed by atoms with van der Waals surface area (Å²) in [6.07, 6.45) is 4.65. The first kappa shape index (κ1) is 20.1. The van der Waals surface area contributed by atoms with Gasteiger partial charge in [0.05, 0.1) is 13.2 Å². The molecule has 5 rings (SSSR count).